The number of hydrogen-bond acceptors (Lipinski definition) is 3. The Morgan fingerprint density at radius 1 is 1.08 bits per heavy atom. The van der Waals surface area contributed by atoms with Crippen LogP contribution in [0.3, 0.4) is 0 Å². The zero-order valence-electron chi connectivity index (χ0n) is 13.6. The molecule has 1 N–H and O–H groups in total. The third kappa shape index (κ3) is 2.89. The molecule has 4 nitrogen and oxygen atoms in total. The van der Waals surface area contributed by atoms with E-state index in [1.807, 2.05) is 59.5 Å². The molecule has 24 heavy (non-hydrogen) atoms. The molecule has 0 radical (unpaired) electrons. The van der Waals surface area contributed by atoms with Gasteiger partial charge in [0.05, 0.1) is 12.2 Å². The first kappa shape index (κ1) is 15.2. The van der Waals surface area contributed by atoms with Gasteiger partial charge in [-0.2, -0.15) is 0 Å². The lowest BCUT2D eigenvalue weighted by molar-refractivity contribution is -0.126. The molecule has 0 bridgehead atoms. The Morgan fingerprint density at radius 3 is 2.71 bits per heavy atom. The van der Waals surface area contributed by atoms with Crippen molar-refractivity contribution in [3.8, 4) is 0 Å². The molecule has 2 aliphatic rings. The van der Waals surface area contributed by atoms with Crippen LogP contribution in [0.25, 0.3) is 6.08 Å². The second-order valence-electron chi connectivity index (χ2n) is 6.53. The van der Waals surface area contributed by atoms with Crippen LogP contribution in [-0.2, 0) is 4.79 Å². The Balaban J connectivity index is 1.66. The summed E-state index contributed by atoms with van der Waals surface area (Å²) in [4.78, 5) is 15.1. The summed E-state index contributed by atoms with van der Waals surface area (Å²) in [6.07, 6.45) is 9.86. The van der Waals surface area contributed by atoms with E-state index in [4.69, 9.17) is 4.42 Å². The van der Waals surface area contributed by atoms with Gasteiger partial charge in [-0.05, 0) is 49.3 Å². The molecule has 2 aromatic rings. The van der Waals surface area contributed by atoms with Crippen LogP contribution in [0.1, 0.15) is 31.4 Å². The number of benzene rings is 1. The van der Waals surface area contributed by atoms with E-state index in [-0.39, 0.29) is 24.0 Å². The molecule has 1 amide bonds. The minimum absolute atomic E-state index is 0.0900. The van der Waals surface area contributed by atoms with Crippen molar-refractivity contribution in [3.63, 3.8) is 0 Å². The third-order valence-corrected chi connectivity index (χ3v) is 5.00. The zero-order chi connectivity index (χ0) is 16.4. The number of fused-ring (bicyclic) bond motifs is 1. The van der Waals surface area contributed by atoms with E-state index in [1.54, 1.807) is 6.26 Å². The number of para-hydroxylation sites is 1. The van der Waals surface area contributed by atoms with Crippen LogP contribution in [-0.4, -0.2) is 18.1 Å². The first-order valence-corrected chi connectivity index (χ1v) is 8.69. The van der Waals surface area contributed by atoms with E-state index in [2.05, 4.69) is 5.32 Å². The molecule has 1 aliphatic carbocycles. The Labute approximate surface area is 142 Å². The van der Waals surface area contributed by atoms with Gasteiger partial charge < -0.3 is 4.42 Å². The minimum atomic E-state index is -0.149. The lowest BCUT2D eigenvalue weighted by atomic mass is 9.81. The maximum absolute atomic E-state index is 13.2. The van der Waals surface area contributed by atoms with Crippen LogP contribution in [0.15, 0.2) is 59.2 Å². The number of amides is 1. The van der Waals surface area contributed by atoms with E-state index < -0.39 is 0 Å². The van der Waals surface area contributed by atoms with Gasteiger partial charge in [0.1, 0.15) is 11.9 Å². The number of hydrogen-bond donors (Lipinski definition) is 1. The number of rotatable bonds is 3. The molecule has 1 aromatic heterocycles. The van der Waals surface area contributed by atoms with E-state index in [1.165, 1.54) is 6.42 Å². The molecule has 0 spiro atoms. The van der Waals surface area contributed by atoms with Crippen molar-refractivity contribution in [2.75, 3.05) is 4.90 Å². The van der Waals surface area contributed by atoms with Gasteiger partial charge in [0, 0.05) is 11.7 Å². The highest BCUT2D eigenvalue weighted by Crippen LogP contribution is 2.33. The normalized spacial score (nSPS) is 27.4. The Morgan fingerprint density at radius 2 is 1.92 bits per heavy atom. The largest absolute Gasteiger partial charge is 0.465 e. The highest BCUT2D eigenvalue weighted by atomic mass is 16.3. The molecule has 2 heterocycles. The van der Waals surface area contributed by atoms with Crippen LogP contribution in [0.4, 0.5) is 5.69 Å². The first-order chi connectivity index (χ1) is 11.8. The smallest absolute Gasteiger partial charge is 0.233 e. The van der Waals surface area contributed by atoms with Gasteiger partial charge in [-0.1, -0.05) is 31.0 Å². The molecule has 4 heteroatoms. The summed E-state index contributed by atoms with van der Waals surface area (Å²) < 4.78 is 5.38. The first-order valence-electron chi connectivity index (χ1n) is 8.69. The molecule has 1 aliphatic heterocycles. The summed E-state index contributed by atoms with van der Waals surface area (Å²) in [5, 5.41) is 3.67. The number of nitrogens with one attached hydrogen (secondary N) is 1. The Bertz CT molecular complexity index is 709. The quantitative estimate of drug-likeness (QED) is 0.934. The van der Waals surface area contributed by atoms with Crippen LogP contribution >= 0.6 is 0 Å². The summed E-state index contributed by atoms with van der Waals surface area (Å²) in [7, 11) is 0. The monoisotopic (exact) mass is 322 g/mol. The second kappa shape index (κ2) is 6.65. The van der Waals surface area contributed by atoms with Gasteiger partial charge in [-0.3, -0.25) is 15.0 Å². The van der Waals surface area contributed by atoms with Gasteiger partial charge in [0.25, 0.3) is 0 Å². The standard InChI is InChI=1S/C20H22N2O2/c23-20-17-10-4-5-11-18(17)21-19(13-12-16-9-6-14-24-16)22(20)15-7-2-1-3-8-15/h1-3,6-9,12-14,17-19,21H,4-5,10-11H2/b13-12+. The summed E-state index contributed by atoms with van der Waals surface area (Å²) in [5.74, 6) is 1.12. The average Bonchev–Trinajstić information content (AvgIpc) is 3.14. The predicted octanol–water partition coefficient (Wildman–Crippen LogP) is 3.81. The second-order valence-corrected chi connectivity index (χ2v) is 6.53. The van der Waals surface area contributed by atoms with Crippen LogP contribution in [0.2, 0.25) is 0 Å². The van der Waals surface area contributed by atoms with Crippen molar-refractivity contribution in [1.82, 2.24) is 5.32 Å². The lowest BCUT2D eigenvalue weighted by Crippen LogP contribution is -2.63. The summed E-state index contributed by atoms with van der Waals surface area (Å²) in [6, 6.07) is 14.0. The van der Waals surface area contributed by atoms with Crippen LogP contribution in [0.5, 0.6) is 0 Å². The van der Waals surface area contributed by atoms with Crippen molar-refractivity contribution < 1.29 is 9.21 Å². The molecular weight excluding hydrogens is 300 g/mol. The van der Waals surface area contributed by atoms with Gasteiger partial charge in [0.2, 0.25) is 5.91 Å². The van der Waals surface area contributed by atoms with Crippen LogP contribution < -0.4 is 10.2 Å². The van der Waals surface area contributed by atoms with Crippen LogP contribution in [0, 0.1) is 5.92 Å². The van der Waals surface area contributed by atoms with E-state index >= 15 is 0 Å². The SMILES string of the molecule is O=C1C2CCCCC2NC(/C=C/c2ccco2)N1c1ccccc1. The summed E-state index contributed by atoms with van der Waals surface area (Å²) in [5.41, 5.74) is 0.938. The summed E-state index contributed by atoms with van der Waals surface area (Å²) >= 11 is 0. The Kier molecular flexibility index (Phi) is 4.22. The number of furan rings is 1. The molecule has 3 unspecified atom stereocenters. The average molecular weight is 322 g/mol. The molecule has 4 rings (SSSR count). The van der Waals surface area contributed by atoms with Gasteiger partial charge in [0.15, 0.2) is 0 Å². The molecule has 1 saturated carbocycles. The molecule has 3 atom stereocenters. The van der Waals surface area contributed by atoms with Crippen molar-refractivity contribution in [2.24, 2.45) is 5.92 Å². The van der Waals surface area contributed by atoms with E-state index in [9.17, 15) is 4.79 Å². The van der Waals surface area contributed by atoms with E-state index in [0.717, 1.165) is 30.7 Å². The van der Waals surface area contributed by atoms with Crippen molar-refractivity contribution in [1.29, 1.82) is 0 Å². The number of nitrogens with zero attached hydrogens (tertiary/aromatic N) is 1. The molecule has 124 valence electrons. The molecule has 1 aromatic carbocycles. The Hall–Kier alpha value is -2.33. The van der Waals surface area contributed by atoms with Crippen molar-refractivity contribution in [3.05, 3.63) is 60.6 Å². The zero-order valence-corrected chi connectivity index (χ0v) is 13.6. The number of carbonyl (C=O) groups is 1. The fraction of sp³-hybridized carbons (Fsp3) is 0.350. The predicted molar refractivity (Wildman–Crippen MR) is 94.3 cm³/mol. The molecular formula is C20H22N2O2. The number of anilines is 1. The molecule has 1 saturated heterocycles. The maximum Gasteiger partial charge on any atom is 0.233 e. The fourth-order valence-corrected chi connectivity index (χ4v) is 3.83. The van der Waals surface area contributed by atoms with Gasteiger partial charge >= 0.3 is 0 Å². The molecule has 2 fully saturated rings. The van der Waals surface area contributed by atoms with Gasteiger partial charge in [-0.15, -0.1) is 0 Å². The topological polar surface area (TPSA) is 45.5 Å². The van der Waals surface area contributed by atoms with Crippen molar-refractivity contribution in [2.45, 2.75) is 37.9 Å². The highest BCUT2D eigenvalue weighted by Gasteiger charge is 2.42. The minimum Gasteiger partial charge on any atom is -0.465 e. The van der Waals surface area contributed by atoms with E-state index in [0.29, 0.717) is 0 Å². The fourth-order valence-electron chi connectivity index (χ4n) is 3.83. The number of carbonyl (C=O) groups excluding carboxylic acids is 1. The lowest BCUT2D eigenvalue weighted by Gasteiger charge is -2.45. The maximum atomic E-state index is 13.2. The van der Waals surface area contributed by atoms with Gasteiger partial charge in [-0.25, -0.2) is 0 Å². The summed E-state index contributed by atoms with van der Waals surface area (Å²) in [6.45, 7) is 0. The third-order valence-electron chi connectivity index (χ3n) is 5.00. The highest BCUT2D eigenvalue weighted by molar-refractivity contribution is 5.97. The van der Waals surface area contributed by atoms with Crippen molar-refractivity contribution >= 4 is 17.7 Å².